The highest BCUT2D eigenvalue weighted by Crippen LogP contribution is 2.21. The van der Waals surface area contributed by atoms with Gasteiger partial charge in [-0.15, -0.1) is 0 Å². The summed E-state index contributed by atoms with van der Waals surface area (Å²) in [4.78, 5) is 0. The van der Waals surface area contributed by atoms with Crippen LogP contribution in [-0.2, 0) is 4.74 Å². The number of aliphatic hydroxyl groups is 1. The van der Waals surface area contributed by atoms with Crippen LogP contribution in [0.1, 0.15) is 51.9 Å². The Morgan fingerprint density at radius 3 is 2.47 bits per heavy atom. The lowest BCUT2D eigenvalue weighted by Gasteiger charge is -2.29. The number of rotatable bonds is 8. The zero-order valence-electron chi connectivity index (χ0n) is 11.5. The average molecular weight is 243 g/mol. The van der Waals surface area contributed by atoms with E-state index < -0.39 is 0 Å². The van der Waals surface area contributed by atoms with Crippen molar-refractivity contribution in [2.45, 2.75) is 64.0 Å². The normalized spacial score (nSPS) is 27.0. The molecule has 0 heterocycles. The second-order valence-electron chi connectivity index (χ2n) is 5.28. The molecule has 0 bridgehead atoms. The summed E-state index contributed by atoms with van der Waals surface area (Å²) in [7, 11) is 1.82. The van der Waals surface area contributed by atoms with Crippen molar-refractivity contribution >= 4 is 0 Å². The Bertz CT molecular complexity index is 173. The third kappa shape index (κ3) is 5.84. The first-order valence-electron chi connectivity index (χ1n) is 7.17. The maximum absolute atomic E-state index is 9.02. The Kier molecular flexibility index (Phi) is 7.82. The van der Waals surface area contributed by atoms with E-state index in [-0.39, 0.29) is 0 Å². The SMILES string of the molecule is CCCC(CCO)CNC1CCC(OC)CC1. The maximum Gasteiger partial charge on any atom is 0.0572 e. The molecule has 0 aliphatic heterocycles. The van der Waals surface area contributed by atoms with E-state index in [1.165, 1.54) is 38.5 Å². The molecule has 0 spiro atoms. The minimum atomic E-state index is 0.322. The number of aliphatic hydroxyl groups excluding tert-OH is 1. The predicted molar refractivity (Wildman–Crippen MR) is 71.2 cm³/mol. The molecule has 3 nitrogen and oxygen atoms in total. The van der Waals surface area contributed by atoms with Gasteiger partial charge in [-0.05, 0) is 51.0 Å². The largest absolute Gasteiger partial charge is 0.396 e. The third-order valence-corrected chi connectivity index (χ3v) is 3.94. The summed E-state index contributed by atoms with van der Waals surface area (Å²) in [5, 5.41) is 12.7. The van der Waals surface area contributed by atoms with Crippen molar-refractivity contribution in [1.82, 2.24) is 5.32 Å². The van der Waals surface area contributed by atoms with Crippen molar-refractivity contribution < 1.29 is 9.84 Å². The first-order chi connectivity index (χ1) is 8.30. The number of hydrogen-bond donors (Lipinski definition) is 2. The molecule has 3 heteroatoms. The van der Waals surface area contributed by atoms with Gasteiger partial charge in [0, 0.05) is 19.8 Å². The van der Waals surface area contributed by atoms with Gasteiger partial charge in [0.05, 0.1) is 6.10 Å². The minimum absolute atomic E-state index is 0.322. The molecule has 2 N–H and O–H groups in total. The molecule has 1 aliphatic rings. The van der Waals surface area contributed by atoms with Gasteiger partial charge in [-0.3, -0.25) is 0 Å². The fourth-order valence-electron chi connectivity index (χ4n) is 2.78. The maximum atomic E-state index is 9.02. The van der Waals surface area contributed by atoms with E-state index in [9.17, 15) is 0 Å². The number of nitrogens with one attached hydrogen (secondary N) is 1. The first kappa shape index (κ1) is 14.9. The standard InChI is InChI=1S/C14H29NO2/c1-3-4-12(9-10-16)11-15-13-5-7-14(17-2)8-6-13/h12-16H,3-11H2,1-2H3. The second kappa shape index (κ2) is 8.90. The van der Waals surface area contributed by atoms with Crippen molar-refractivity contribution in [1.29, 1.82) is 0 Å². The Labute approximate surface area is 106 Å². The molecule has 1 rings (SSSR count). The van der Waals surface area contributed by atoms with Gasteiger partial charge >= 0.3 is 0 Å². The third-order valence-electron chi connectivity index (χ3n) is 3.94. The molecule has 0 aromatic rings. The van der Waals surface area contributed by atoms with Crippen molar-refractivity contribution in [3.05, 3.63) is 0 Å². The molecule has 1 atom stereocenters. The molecule has 0 aromatic heterocycles. The van der Waals surface area contributed by atoms with Gasteiger partial charge in [0.25, 0.3) is 0 Å². The zero-order valence-corrected chi connectivity index (χ0v) is 11.5. The number of hydrogen-bond acceptors (Lipinski definition) is 3. The molecule has 17 heavy (non-hydrogen) atoms. The van der Waals surface area contributed by atoms with Gasteiger partial charge in [-0.2, -0.15) is 0 Å². The molecule has 0 radical (unpaired) electrons. The summed E-state index contributed by atoms with van der Waals surface area (Å²) in [6.07, 6.45) is 8.70. The molecular formula is C14H29NO2. The summed E-state index contributed by atoms with van der Waals surface area (Å²) >= 11 is 0. The Balaban J connectivity index is 2.16. The van der Waals surface area contributed by atoms with Crippen molar-refractivity contribution in [2.75, 3.05) is 20.3 Å². The summed E-state index contributed by atoms with van der Waals surface area (Å²) in [6.45, 7) is 3.60. The van der Waals surface area contributed by atoms with Gasteiger partial charge in [0.2, 0.25) is 0 Å². The molecule has 0 saturated heterocycles. The van der Waals surface area contributed by atoms with E-state index in [1.807, 2.05) is 7.11 Å². The quantitative estimate of drug-likeness (QED) is 0.687. The highest BCUT2D eigenvalue weighted by atomic mass is 16.5. The summed E-state index contributed by atoms with van der Waals surface area (Å²) in [6, 6.07) is 0.666. The van der Waals surface area contributed by atoms with Gasteiger partial charge < -0.3 is 15.2 Å². The van der Waals surface area contributed by atoms with E-state index in [2.05, 4.69) is 12.2 Å². The van der Waals surface area contributed by atoms with Crippen LogP contribution in [0, 0.1) is 5.92 Å². The van der Waals surface area contributed by atoms with Crippen molar-refractivity contribution in [3.63, 3.8) is 0 Å². The van der Waals surface area contributed by atoms with Crippen molar-refractivity contribution in [2.24, 2.45) is 5.92 Å². The predicted octanol–water partition coefficient (Wildman–Crippen LogP) is 2.33. The van der Waals surface area contributed by atoms with E-state index in [0.29, 0.717) is 24.7 Å². The van der Waals surface area contributed by atoms with Crippen molar-refractivity contribution in [3.8, 4) is 0 Å². The molecule has 0 amide bonds. The first-order valence-corrected chi connectivity index (χ1v) is 7.17. The van der Waals surface area contributed by atoms with Crippen LogP contribution in [-0.4, -0.2) is 37.5 Å². The molecule has 102 valence electrons. The van der Waals surface area contributed by atoms with Crippen LogP contribution in [0.25, 0.3) is 0 Å². The van der Waals surface area contributed by atoms with Crippen LogP contribution in [0.5, 0.6) is 0 Å². The lowest BCUT2D eigenvalue weighted by molar-refractivity contribution is 0.0619. The smallest absolute Gasteiger partial charge is 0.0572 e. The molecule has 0 aromatic carbocycles. The van der Waals surface area contributed by atoms with Gasteiger partial charge in [-0.1, -0.05) is 13.3 Å². The highest BCUT2D eigenvalue weighted by Gasteiger charge is 2.21. The molecular weight excluding hydrogens is 214 g/mol. The van der Waals surface area contributed by atoms with E-state index in [4.69, 9.17) is 9.84 Å². The summed E-state index contributed by atoms with van der Waals surface area (Å²) < 4.78 is 5.38. The molecule has 1 unspecified atom stereocenters. The van der Waals surface area contributed by atoms with Gasteiger partial charge in [0.15, 0.2) is 0 Å². The highest BCUT2D eigenvalue weighted by molar-refractivity contribution is 4.78. The lowest BCUT2D eigenvalue weighted by atomic mass is 9.92. The summed E-state index contributed by atoms with van der Waals surface area (Å²) in [5.74, 6) is 0.644. The monoisotopic (exact) mass is 243 g/mol. The minimum Gasteiger partial charge on any atom is -0.396 e. The Morgan fingerprint density at radius 2 is 1.94 bits per heavy atom. The molecule has 1 aliphatic carbocycles. The topological polar surface area (TPSA) is 41.5 Å². The average Bonchev–Trinajstić information content (AvgIpc) is 2.37. The fourth-order valence-corrected chi connectivity index (χ4v) is 2.78. The van der Waals surface area contributed by atoms with Crippen LogP contribution < -0.4 is 5.32 Å². The Morgan fingerprint density at radius 1 is 1.24 bits per heavy atom. The van der Waals surface area contributed by atoms with Crippen LogP contribution in [0.2, 0.25) is 0 Å². The van der Waals surface area contributed by atoms with E-state index in [0.717, 1.165) is 13.0 Å². The molecule has 1 saturated carbocycles. The van der Waals surface area contributed by atoms with E-state index >= 15 is 0 Å². The van der Waals surface area contributed by atoms with Gasteiger partial charge in [0.1, 0.15) is 0 Å². The fraction of sp³-hybridized carbons (Fsp3) is 1.00. The lowest BCUT2D eigenvalue weighted by Crippen LogP contribution is -2.38. The van der Waals surface area contributed by atoms with Crippen LogP contribution >= 0.6 is 0 Å². The zero-order chi connectivity index (χ0) is 12.5. The van der Waals surface area contributed by atoms with Crippen LogP contribution in [0.15, 0.2) is 0 Å². The van der Waals surface area contributed by atoms with Crippen LogP contribution in [0.4, 0.5) is 0 Å². The number of ether oxygens (including phenoxy) is 1. The van der Waals surface area contributed by atoms with E-state index in [1.54, 1.807) is 0 Å². The summed E-state index contributed by atoms with van der Waals surface area (Å²) in [5.41, 5.74) is 0. The Hall–Kier alpha value is -0.120. The second-order valence-corrected chi connectivity index (χ2v) is 5.28. The molecule has 1 fully saturated rings. The van der Waals surface area contributed by atoms with Gasteiger partial charge in [-0.25, -0.2) is 0 Å². The van der Waals surface area contributed by atoms with Crippen LogP contribution in [0.3, 0.4) is 0 Å². The number of methoxy groups -OCH3 is 1.